The Morgan fingerprint density at radius 2 is 2.11 bits per heavy atom. The first kappa shape index (κ1) is 12.2. The maximum atomic E-state index is 5.84. The smallest absolute Gasteiger partial charge is 0.0910 e. The summed E-state index contributed by atoms with van der Waals surface area (Å²) in [6.45, 7) is 1.46. The van der Waals surface area contributed by atoms with E-state index in [0.29, 0.717) is 24.7 Å². The molecule has 2 N–H and O–H groups in total. The Kier molecular flexibility index (Phi) is 3.66. The van der Waals surface area contributed by atoms with Crippen LogP contribution in [0, 0.1) is 5.92 Å². The topological polar surface area (TPSA) is 53.1 Å². The standard InChI is InChI=1S/C14H23N3O/c15-9-11-7-14(8-11)18-10-12-5-6-17(16-12)13-3-1-2-4-13/h5-6,11,13-14H,1-4,7-10,15H2. The number of aromatic nitrogens is 2. The highest BCUT2D eigenvalue weighted by Gasteiger charge is 2.28. The first-order chi connectivity index (χ1) is 8.85. The fourth-order valence-electron chi connectivity index (χ4n) is 3.03. The van der Waals surface area contributed by atoms with Gasteiger partial charge < -0.3 is 10.5 Å². The fraction of sp³-hybridized carbons (Fsp3) is 0.786. The van der Waals surface area contributed by atoms with Gasteiger partial charge in [0.15, 0.2) is 0 Å². The minimum Gasteiger partial charge on any atom is -0.372 e. The average molecular weight is 249 g/mol. The predicted octanol–water partition coefficient (Wildman–Crippen LogP) is 2.25. The van der Waals surface area contributed by atoms with Gasteiger partial charge in [-0.2, -0.15) is 5.10 Å². The molecule has 2 fully saturated rings. The third-order valence-electron chi connectivity index (χ3n) is 4.36. The molecule has 1 aromatic heterocycles. The number of nitrogens with zero attached hydrogens (tertiary/aromatic N) is 2. The molecule has 0 unspecified atom stereocenters. The Balaban J connectivity index is 1.45. The Bertz CT molecular complexity index is 378. The summed E-state index contributed by atoms with van der Waals surface area (Å²) < 4.78 is 7.97. The van der Waals surface area contributed by atoms with Crippen molar-refractivity contribution in [1.29, 1.82) is 0 Å². The first-order valence-electron chi connectivity index (χ1n) is 7.21. The van der Waals surface area contributed by atoms with Crippen molar-refractivity contribution in [2.24, 2.45) is 11.7 Å². The number of ether oxygens (including phenoxy) is 1. The van der Waals surface area contributed by atoms with Crippen LogP contribution in [0.3, 0.4) is 0 Å². The molecule has 1 aromatic rings. The first-order valence-corrected chi connectivity index (χ1v) is 7.21. The van der Waals surface area contributed by atoms with Crippen LogP contribution in [-0.4, -0.2) is 22.4 Å². The molecule has 2 saturated carbocycles. The van der Waals surface area contributed by atoms with E-state index in [1.54, 1.807) is 0 Å². The average Bonchev–Trinajstić information content (AvgIpc) is 2.97. The molecule has 0 spiro atoms. The summed E-state index contributed by atoms with van der Waals surface area (Å²) in [4.78, 5) is 0. The molecular formula is C14H23N3O. The van der Waals surface area contributed by atoms with Crippen molar-refractivity contribution in [2.75, 3.05) is 6.54 Å². The van der Waals surface area contributed by atoms with Gasteiger partial charge in [-0.05, 0) is 44.2 Å². The summed E-state index contributed by atoms with van der Waals surface area (Å²) in [6.07, 6.45) is 10.0. The molecule has 18 heavy (non-hydrogen) atoms. The lowest BCUT2D eigenvalue weighted by Gasteiger charge is -2.33. The van der Waals surface area contributed by atoms with Gasteiger partial charge >= 0.3 is 0 Å². The van der Waals surface area contributed by atoms with Crippen molar-refractivity contribution in [3.63, 3.8) is 0 Å². The summed E-state index contributed by atoms with van der Waals surface area (Å²) in [5, 5.41) is 4.63. The fourth-order valence-corrected chi connectivity index (χ4v) is 3.03. The van der Waals surface area contributed by atoms with Gasteiger partial charge in [0.1, 0.15) is 0 Å². The van der Waals surface area contributed by atoms with E-state index in [0.717, 1.165) is 25.1 Å². The summed E-state index contributed by atoms with van der Waals surface area (Å²) in [6, 6.07) is 2.72. The molecule has 0 atom stereocenters. The second-order valence-corrected chi connectivity index (χ2v) is 5.73. The van der Waals surface area contributed by atoms with Crippen molar-refractivity contribution in [3.05, 3.63) is 18.0 Å². The van der Waals surface area contributed by atoms with Crippen molar-refractivity contribution >= 4 is 0 Å². The Morgan fingerprint density at radius 1 is 1.33 bits per heavy atom. The lowest BCUT2D eigenvalue weighted by Crippen LogP contribution is -2.35. The van der Waals surface area contributed by atoms with Crippen LogP contribution >= 0.6 is 0 Å². The van der Waals surface area contributed by atoms with Crippen LogP contribution < -0.4 is 5.73 Å². The highest BCUT2D eigenvalue weighted by molar-refractivity contribution is 4.99. The van der Waals surface area contributed by atoms with E-state index in [2.05, 4.69) is 22.0 Å². The van der Waals surface area contributed by atoms with E-state index in [1.807, 2.05) is 0 Å². The van der Waals surface area contributed by atoms with Gasteiger partial charge in [0.05, 0.1) is 24.4 Å². The number of rotatable bonds is 5. The van der Waals surface area contributed by atoms with Crippen LogP contribution in [0.1, 0.15) is 50.3 Å². The van der Waals surface area contributed by atoms with Crippen molar-refractivity contribution in [2.45, 2.75) is 57.3 Å². The van der Waals surface area contributed by atoms with Crippen LogP contribution in [0.25, 0.3) is 0 Å². The van der Waals surface area contributed by atoms with E-state index < -0.39 is 0 Å². The van der Waals surface area contributed by atoms with Gasteiger partial charge in [0, 0.05) is 6.20 Å². The Morgan fingerprint density at radius 3 is 2.83 bits per heavy atom. The molecule has 0 radical (unpaired) electrons. The Labute approximate surface area is 108 Å². The monoisotopic (exact) mass is 249 g/mol. The van der Waals surface area contributed by atoms with E-state index in [1.165, 1.54) is 25.7 Å². The zero-order chi connectivity index (χ0) is 12.4. The maximum Gasteiger partial charge on any atom is 0.0910 e. The molecule has 4 heteroatoms. The molecule has 0 aromatic carbocycles. The molecule has 2 aliphatic carbocycles. The Hall–Kier alpha value is -0.870. The normalized spacial score (nSPS) is 28.5. The minimum absolute atomic E-state index is 0.412. The van der Waals surface area contributed by atoms with Gasteiger partial charge in [0.25, 0.3) is 0 Å². The maximum absolute atomic E-state index is 5.84. The van der Waals surface area contributed by atoms with Crippen LogP contribution in [0.5, 0.6) is 0 Å². The van der Waals surface area contributed by atoms with Crippen molar-refractivity contribution in [3.8, 4) is 0 Å². The van der Waals surface area contributed by atoms with Crippen LogP contribution in [0.4, 0.5) is 0 Å². The van der Waals surface area contributed by atoms with Gasteiger partial charge in [-0.1, -0.05) is 12.8 Å². The second-order valence-electron chi connectivity index (χ2n) is 5.73. The lowest BCUT2D eigenvalue weighted by atomic mass is 9.82. The SMILES string of the molecule is NCC1CC(OCc2ccn(C3CCCC3)n2)C1. The molecule has 3 rings (SSSR count). The summed E-state index contributed by atoms with van der Waals surface area (Å²) in [5.74, 6) is 0.686. The molecule has 0 bridgehead atoms. The predicted molar refractivity (Wildman–Crippen MR) is 70.1 cm³/mol. The van der Waals surface area contributed by atoms with E-state index in [-0.39, 0.29) is 0 Å². The zero-order valence-corrected chi connectivity index (χ0v) is 10.9. The number of hydrogen-bond acceptors (Lipinski definition) is 3. The van der Waals surface area contributed by atoms with Crippen molar-refractivity contribution in [1.82, 2.24) is 9.78 Å². The largest absolute Gasteiger partial charge is 0.372 e. The van der Waals surface area contributed by atoms with Crippen LogP contribution in [-0.2, 0) is 11.3 Å². The van der Waals surface area contributed by atoms with E-state index in [9.17, 15) is 0 Å². The van der Waals surface area contributed by atoms with Gasteiger partial charge in [-0.3, -0.25) is 4.68 Å². The third kappa shape index (κ3) is 2.59. The minimum atomic E-state index is 0.412. The van der Waals surface area contributed by atoms with Crippen LogP contribution in [0.2, 0.25) is 0 Å². The lowest BCUT2D eigenvalue weighted by molar-refractivity contribution is -0.0389. The second kappa shape index (κ2) is 5.41. The number of nitrogens with two attached hydrogens (primary N) is 1. The molecular weight excluding hydrogens is 226 g/mol. The molecule has 0 aliphatic heterocycles. The molecule has 0 saturated heterocycles. The van der Waals surface area contributed by atoms with Gasteiger partial charge in [-0.25, -0.2) is 0 Å². The van der Waals surface area contributed by atoms with Crippen molar-refractivity contribution < 1.29 is 4.74 Å². The highest BCUT2D eigenvalue weighted by atomic mass is 16.5. The van der Waals surface area contributed by atoms with E-state index >= 15 is 0 Å². The third-order valence-corrected chi connectivity index (χ3v) is 4.36. The number of hydrogen-bond donors (Lipinski definition) is 1. The molecule has 1 heterocycles. The van der Waals surface area contributed by atoms with Gasteiger partial charge in [0.2, 0.25) is 0 Å². The molecule has 4 nitrogen and oxygen atoms in total. The quantitative estimate of drug-likeness (QED) is 0.870. The summed E-state index contributed by atoms with van der Waals surface area (Å²) in [5.41, 5.74) is 6.67. The molecule has 100 valence electrons. The molecule has 0 amide bonds. The van der Waals surface area contributed by atoms with Crippen LogP contribution in [0.15, 0.2) is 12.3 Å². The highest BCUT2D eigenvalue weighted by Crippen LogP contribution is 2.30. The molecule has 2 aliphatic rings. The van der Waals surface area contributed by atoms with E-state index in [4.69, 9.17) is 10.5 Å². The zero-order valence-electron chi connectivity index (χ0n) is 10.9. The summed E-state index contributed by atoms with van der Waals surface area (Å²) in [7, 11) is 0. The summed E-state index contributed by atoms with van der Waals surface area (Å²) >= 11 is 0. The van der Waals surface area contributed by atoms with Gasteiger partial charge in [-0.15, -0.1) is 0 Å².